The molecular formula is C30H38N2O3S. The number of benzene rings is 2. The van der Waals surface area contributed by atoms with E-state index in [1.807, 2.05) is 50.3 Å². The van der Waals surface area contributed by atoms with Gasteiger partial charge in [0.25, 0.3) is 11.8 Å². The van der Waals surface area contributed by atoms with Crippen LogP contribution in [0.1, 0.15) is 73.0 Å². The van der Waals surface area contributed by atoms with Crippen LogP contribution >= 0.6 is 11.8 Å². The minimum Gasteiger partial charge on any atom is -0.379 e. The molecule has 0 aromatic heterocycles. The Morgan fingerprint density at radius 3 is 2.64 bits per heavy atom. The van der Waals surface area contributed by atoms with Gasteiger partial charge in [-0.2, -0.15) is 0 Å². The van der Waals surface area contributed by atoms with E-state index < -0.39 is 0 Å². The Morgan fingerprint density at radius 1 is 1.14 bits per heavy atom. The molecule has 6 heteroatoms. The molecule has 2 aromatic rings. The highest BCUT2D eigenvalue weighted by Crippen LogP contribution is 2.42. The third-order valence-electron chi connectivity index (χ3n) is 6.95. The summed E-state index contributed by atoms with van der Waals surface area (Å²) in [5.74, 6) is 0.0353. The number of fused-ring (bicyclic) bond motifs is 1. The van der Waals surface area contributed by atoms with E-state index in [1.165, 1.54) is 24.0 Å². The topological polar surface area (TPSA) is 58.6 Å². The van der Waals surface area contributed by atoms with E-state index in [-0.39, 0.29) is 17.9 Å². The molecule has 0 spiro atoms. The molecule has 192 valence electrons. The van der Waals surface area contributed by atoms with Gasteiger partial charge in [0.2, 0.25) is 0 Å². The second-order valence-corrected chi connectivity index (χ2v) is 11.3. The summed E-state index contributed by atoms with van der Waals surface area (Å²) < 4.78 is 5.51. The summed E-state index contributed by atoms with van der Waals surface area (Å²) in [7, 11) is 0. The Hall–Kier alpha value is -2.57. The van der Waals surface area contributed by atoms with Crippen LogP contribution in [0.2, 0.25) is 0 Å². The number of nitrogens with zero attached hydrogens (tertiary/aromatic N) is 1. The third-order valence-corrected chi connectivity index (χ3v) is 8.35. The van der Waals surface area contributed by atoms with Crippen LogP contribution in [0, 0.1) is 6.92 Å². The van der Waals surface area contributed by atoms with Crippen LogP contribution in [0.15, 0.2) is 53.4 Å². The molecule has 2 unspecified atom stereocenters. The van der Waals surface area contributed by atoms with Crippen LogP contribution in [-0.4, -0.2) is 47.3 Å². The Bertz CT molecular complexity index is 1080. The van der Waals surface area contributed by atoms with Gasteiger partial charge >= 0.3 is 0 Å². The first kappa shape index (κ1) is 26.5. The lowest BCUT2D eigenvalue weighted by molar-refractivity contribution is -0.130. The molecule has 0 bridgehead atoms. The third kappa shape index (κ3) is 6.80. The van der Waals surface area contributed by atoms with Crippen molar-refractivity contribution in [3.05, 3.63) is 75.7 Å². The van der Waals surface area contributed by atoms with Crippen LogP contribution in [0.3, 0.4) is 0 Å². The Kier molecular flexibility index (Phi) is 9.27. The van der Waals surface area contributed by atoms with Crippen molar-refractivity contribution in [2.75, 3.05) is 13.2 Å². The number of amides is 2. The lowest BCUT2D eigenvalue weighted by atomic mass is 9.92. The molecule has 1 heterocycles. The number of carbonyl (C=O) groups is 2. The van der Waals surface area contributed by atoms with E-state index in [4.69, 9.17) is 4.74 Å². The van der Waals surface area contributed by atoms with Gasteiger partial charge in [-0.1, -0.05) is 49.2 Å². The number of thioether (sulfide) groups is 1. The second kappa shape index (κ2) is 12.6. The van der Waals surface area contributed by atoms with Gasteiger partial charge in [0.05, 0.1) is 11.0 Å². The first-order valence-corrected chi connectivity index (χ1v) is 14.0. The summed E-state index contributed by atoms with van der Waals surface area (Å²) in [5, 5.41) is 3.39. The van der Waals surface area contributed by atoms with Crippen molar-refractivity contribution in [3.63, 3.8) is 0 Å². The fraction of sp³-hybridized carbons (Fsp3) is 0.467. The zero-order valence-electron chi connectivity index (χ0n) is 21.7. The maximum atomic E-state index is 13.7. The summed E-state index contributed by atoms with van der Waals surface area (Å²) >= 11 is 1.74. The summed E-state index contributed by atoms with van der Waals surface area (Å²) in [5.41, 5.74) is 4.01. The van der Waals surface area contributed by atoms with E-state index in [0.717, 1.165) is 29.7 Å². The zero-order valence-corrected chi connectivity index (χ0v) is 22.5. The van der Waals surface area contributed by atoms with Crippen LogP contribution in [-0.2, 0) is 16.1 Å². The lowest BCUT2D eigenvalue weighted by Crippen LogP contribution is -2.50. The Labute approximate surface area is 219 Å². The molecular weight excluding hydrogens is 468 g/mol. The van der Waals surface area contributed by atoms with Gasteiger partial charge in [-0.3, -0.25) is 9.59 Å². The normalized spacial score (nSPS) is 21.1. The van der Waals surface area contributed by atoms with Gasteiger partial charge in [-0.25, -0.2) is 0 Å². The molecule has 2 fully saturated rings. The van der Waals surface area contributed by atoms with Crippen LogP contribution in [0.5, 0.6) is 0 Å². The molecule has 2 amide bonds. The first-order chi connectivity index (χ1) is 17.4. The molecule has 2 aromatic carbocycles. The number of hydrogen-bond acceptors (Lipinski definition) is 4. The van der Waals surface area contributed by atoms with Crippen LogP contribution in [0.4, 0.5) is 0 Å². The highest BCUT2D eigenvalue weighted by atomic mass is 32.2. The van der Waals surface area contributed by atoms with Crippen LogP contribution < -0.4 is 5.32 Å². The molecule has 0 radical (unpaired) electrons. The monoisotopic (exact) mass is 506 g/mol. The molecule has 1 aliphatic heterocycles. The fourth-order valence-corrected chi connectivity index (χ4v) is 6.38. The standard InChI is InChI=1S/C30H38N2O3S/c1-21(2)35-18-8-17-31-29(33)24-15-13-23(14-16-24)19-28-30(34)32(20-25-10-5-4-9-22(25)3)26-11-6-7-12-27(26)36-28/h4-5,9-10,13-16,19,21,26-27H,6-8,11-12,17-18,20H2,1-3H3,(H,31,33)/b28-19+. The van der Waals surface area contributed by atoms with E-state index in [9.17, 15) is 9.59 Å². The van der Waals surface area contributed by atoms with E-state index in [1.54, 1.807) is 11.8 Å². The van der Waals surface area contributed by atoms with E-state index in [2.05, 4.69) is 35.3 Å². The zero-order chi connectivity index (χ0) is 25.5. The molecule has 1 N–H and O–H groups in total. The number of rotatable bonds is 9. The Morgan fingerprint density at radius 2 is 1.89 bits per heavy atom. The van der Waals surface area contributed by atoms with Crippen molar-refractivity contribution in [2.45, 2.75) is 76.8 Å². The van der Waals surface area contributed by atoms with Crippen molar-refractivity contribution in [1.29, 1.82) is 0 Å². The predicted molar refractivity (Wildman–Crippen MR) is 148 cm³/mol. The van der Waals surface area contributed by atoms with Gasteiger partial charge in [0.15, 0.2) is 0 Å². The molecule has 36 heavy (non-hydrogen) atoms. The highest BCUT2D eigenvalue weighted by molar-refractivity contribution is 8.04. The second-order valence-electron chi connectivity index (χ2n) is 10.0. The van der Waals surface area contributed by atoms with E-state index >= 15 is 0 Å². The average molecular weight is 507 g/mol. The van der Waals surface area contributed by atoms with Crippen molar-refractivity contribution in [1.82, 2.24) is 10.2 Å². The highest BCUT2D eigenvalue weighted by Gasteiger charge is 2.40. The summed E-state index contributed by atoms with van der Waals surface area (Å²) in [4.78, 5) is 29.0. The minimum absolute atomic E-state index is 0.0867. The van der Waals surface area contributed by atoms with Crippen molar-refractivity contribution in [3.8, 4) is 0 Å². The molecule has 4 rings (SSSR count). The number of ether oxygens (including phenoxy) is 1. The number of hydrogen-bond donors (Lipinski definition) is 1. The fourth-order valence-electron chi connectivity index (χ4n) is 4.91. The van der Waals surface area contributed by atoms with Gasteiger partial charge in [-0.15, -0.1) is 11.8 Å². The maximum Gasteiger partial charge on any atom is 0.260 e. The largest absolute Gasteiger partial charge is 0.379 e. The van der Waals surface area contributed by atoms with Gasteiger partial charge in [-0.05, 0) is 74.9 Å². The molecule has 1 aliphatic carbocycles. The molecule has 1 saturated carbocycles. The van der Waals surface area contributed by atoms with Crippen molar-refractivity contribution < 1.29 is 14.3 Å². The summed E-state index contributed by atoms with van der Waals surface area (Å²) in [6, 6.07) is 16.2. The van der Waals surface area contributed by atoms with Gasteiger partial charge < -0.3 is 15.0 Å². The molecule has 2 aliphatic rings. The number of aryl methyl sites for hydroxylation is 1. The number of nitrogens with one attached hydrogen (secondary N) is 1. The number of carbonyl (C=O) groups excluding carboxylic acids is 2. The lowest BCUT2D eigenvalue weighted by Gasteiger charge is -2.44. The molecule has 5 nitrogen and oxygen atoms in total. The molecule has 2 atom stereocenters. The summed E-state index contributed by atoms with van der Waals surface area (Å²) in [6.07, 6.45) is 7.62. The SMILES string of the molecule is Cc1ccccc1CN1C(=O)/C(=C\c2ccc(C(=O)NCCCOC(C)C)cc2)SC2CCCCC21. The average Bonchev–Trinajstić information content (AvgIpc) is 2.87. The summed E-state index contributed by atoms with van der Waals surface area (Å²) in [6.45, 7) is 8.01. The van der Waals surface area contributed by atoms with Gasteiger partial charge in [0.1, 0.15) is 0 Å². The van der Waals surface area contributed by atoms with Crippen LogP contribution in [0.25, 0.3) is 6.08 Å². The van der Waals surface area contributed by atoms with Crippen molar-refractivity contribution in [2.24, 2.45) is 0 Å². The first-order valence-electron chi connectivity index (χ1n) is 13.2. The van der Waals surface area contributed by atoms with Crippen molar-refractivity contribution >= 4 is 29.7 Å². The quantitative estimate of drug-likeness (QED) is 0.336. The van der Waals surface area contributed by atoms with Gasteiger partial charge in [0, 0.05) is 36.6 Å². The smallest absolute Gasteiger partial charge is 0.260 e. The molecule has 1 saturated heterocycles. The Balaban J connectivity index is 1.44. The minimum atomic E-state index is -0.0867. The maximum absolute atomic E-state index is 13.7. The van der Waals surface area contributed by atoms with E-state index in [0.29, 0.717) is 36.6 Å². The predicted octanol–water partition coefficient (Wildman–Crippen LogP) is 5.97.